The van der Waals surface area contributed by atoms with E-state index in [0.717, 1.165) is 25.2 Å². The van der Waals surface area contributed by atoms with Crippen LogP contribution < -0.4 is 0 Å². The van der Waals surface area contributed by atoms with Crippen LogP contribution in [0.2, 0.25) is 0 Å². The van der Waals surface area contributed by atoms with Crippen molar-refractivity contribution in [1.29, 1.82) is 0 Å². The fourth-order valence-electron chi connectivity index (χ4n) is 1.86. The molecule has 5 heteroatoms. The van der Waals surface area contributed by atoms with Crippen LogP contribution in [0.5, 0.6) is 0 Å². The van der Waals surface area contributed by atoms with Crippen molar-refractivity contribution in [2.45, 2.75) is 26.7 Å². The molecular formula is C13H18N4O. The van der Waals surface area contributed by atoms with Crippen LogP contribution in [0.25, 0.3) is 5.65 Å². The van der Waals surface area contributed by atoms with Crippen molar-refractivity contribution >= 4 is 11.6 Å². The van der Waals surface area contributed by atoms with Gasteiger partial charge in [-0.2, -0.15) is 0 Å². The van der Waals surface area contributed by atoms with Gasteiger partial charge in [0.05, 0.1) is 0 Å². The molecule has 2 heterocycles. The molecule has 0 saturated heterocycles. The van der Waals surface area contributed by atoms with Crippen LogP contribution in [0.3, 0.4) is 0 Å². The molecule has 0 unspecified atom stereocenters. The molecule has 0 aromatic carbocycles. The Morgan fingerprint density at radius 1 is 1.44 bits per heavy atom. The summed E-state index contributed by atoms with van der Waals surface area (Å²) in [7, 11) is 1.83. The predicted octanol–water partition coefficient (Wildman–Crippen LogP) is 1.91. The van der Waals surface area contributed by atoms with Gasteiger partial charge in [0.2, 0.25) is 0 Å². The summed E-state index contributed by atoms with van der Waals surface area (Å²) in [5.41, 5.74) is 1.37. The molecule has 0 saturated carbocycles. The molecule has 0 fully saturated rings. The fourth-order valence-corrected chi connectivity index (χ4v) is 1.86. The lowest BCUT2D eigenvalue weighted by atomic mass is 10.2. The first-order valence-corrected chi connectivity index (χ1v) is 6.20. The zero-order valence-electron chi connectivity index (χ0n) is 11.1. The number of fused-ring (bicyclic) bond motifs is 1. The van der Waals surface area contributed by atoms with Crippen LogP contribution in [0, 0.1) is 6.92 Å². The van der Waals surface area contributed by atoms with E-state index in [9.17, 15) is 4.79 Å². The van der Waals surface area contributed by atoms with Crippen molar-refractivity contribution in [1.82, 2.24) is 19.5 Å². The second-order valence-corrected chi connectivity index (χ2v) is 4.47. The summed E-state index contributed by atoms with van der Waals surface area (Å²) in [4.78, 5) is 13.9. The number of carbonyl (C=O) groups excluding carboxylic acids is 1. The highest BCUT2D eigenvalue weighted by atomic mass is 16.2. The molecule has 2 aromatic heterocycles. The van der Waals surface area contributed by atoms with Crippen molar-refractivity contribution < 1.29 is 4.79 Å². The lowest BCUT2D eigenvalue weighted by Gasteiger charge is -2.16. The van der Waals surface area contributed by atoms with E-state index < -0.39 is 0 Å². The number of nitrogens with zero attached hydrogens (tertiary/aromatic N) is 4. The maximum absolute atomic E-state index is 12.2. The van der Waals surface area contributed by atoms with Crippen LogP contribution in [-0.2, 0) is 0 Å². The van der Waals surface area contributed by atoms with Crippen LogP contribution in [0.4, 0.5) is 0 Å². The highest BCUT2D eigenvalue weighted by Gasteiger charge is 2.12. The van der Waals surface area contributed by atoms with Crippen LogP contribution in [-0.4, -0.2) is 39.0 Å². The SMILES string of the molecule is CCCCN(C)C(=O)c1ccn2c(C)nnc2c1. The predicted molar refractivity (Wildman–Crippen MR) is 69.6 cm³/mol. The number of unbranched alkanes of at least 4 members (excludes halogenated alkanes) is 1. The molecule has 0 radical (unpaired) electrons. The molecular weight excluding hydrogens is 228 g/mol. The number of rotatable bonds is 4. The van der Waals surface area contributed by atoms with Crippen molar-refractivity contribution in [2.24, 2.45) is 0 Å². The number of carbonyl (C=O) groups is 1. The minimum atomic E-state index is 0.0339. The molecule has 0 atom stereocenters. The quantitative estimate of drug-likeness (QED) is 0.828. The molecule has 0 bridgehead atoms. The first-order chi connectivity index (χ1) is 8.63. The van der Waals surface area contributed by atoms with Gasteiger partial charge in [-0.3, -0.25) is 9.20 Å². The normalized spacial score (nSPS) is 10.8. The van der Waals surface area contributed by atoms with Gasteiger partial charge in [0.1, 0.15) is 5.82 Å². The second kappa shape index (κ2) is 5.16. The standard InChI is InChI=1S/C13H18N4O/c1-4-5-7-16(3)13(18)11-6-8-17-10(2)14-15-12(17)9-11/h6,8-9H,4-5,7H2,1-3H3. The summed E-state index contributed by atoms with van der Waals surface area (Å²) < 4.78 is 1.86. The summed E-state index contributed by atoms with van der Waals surface area (Å²) in [6.45, 7) is 4.78. The van der Waals surface area contributed by atoms with Gasteiger partial charge in [0.25, 0.3) is 5.91 Å². The molecule has 0 aliphatic heterocycles. The van der Waals surface area contributed by atoms with Gasteiger partial charge >= 0.3 is 0 Å². The van der Waals surface area contributed by atoms with Gasteiger partial charge in [-0.1, -0.05) is 13.3 Å². The Kier molecular flexibility index (Phi) is 3.60. The Hall–Kier alpha value is -1.91. The van der Waals surface area contributed by atoms with E-state index in [2.05, 4.69) is 17.1 Å². The van der Waals surface area contributed by atoms with E-state index in [0.29, 0.717) is 11.2 Å². The smallest absolute Gasteiger partial charge is 0.253 e. The van der Waals surface area contributed by atoms with Crippen molar-refractivity contribution in [2.75, 3.05) is 13.6 Å². The van der Waals surface area contributed by atoms with Gasteiger partial charge in [0, 0.05) is 25.4 Å². The van der Waals surface area contributed by atoms with Crippen LogP contribution >= 0.6 is 0 Å². The summed E-state index contributed by atoms with van der Waals surface area (Å²) in [6, 6.07) is 3.60. The minimum absolute atomic E-state index is 0.0339. The molecule has 2 aromatic rings. The molecule has 0 aliphatic carbocycles. The van der Waals surface area contributed by atoms with E-state index in [4.69, 9.17) is 0 Å². The molecule has 0 aliphatic rings. The van der Waals surface area contributed by atoms with Crippen molar-refractivity contribution in [3.8, 4) is 0 Å². The van der Waals surface area contributed by atoms with E-state index in [-0.39, 0.29) is 5.91 Å². The Bertz CT molecular complexity index is 561. The van der Waals surface area contributed by atoms with Gasteiger partial charge in [0.15, 0.2) is 5.65 Å². The van der Waals surface area contributed by atoms with E-state index in [1.54, 1.807) is 11.0 Å². The molecule has 0 spiro atoms. The first kappa shape index (κ1) is 12.5. The summed E-state index contributed by atoms with van der Waals surface area (Å²) in [5.74, 6) is 0.856. The molecule has 18 heavy (non-hydrogen) atoms. The van der Waals surface area contributed by atoms with E-state index >= 15 is 0 Å². The van der Waals surface area contributed by atoms with Crippen LogP contribution in [0.1, 0.15) is 35.9 Å². The molecule has 2 rings (SSSR count). The number of pyridine rings is 1. The lowest BCUT2D eigenvalue weighted by molar-refractivity contribution is 0.0793. The topological polar surface area (TPSA) is 50.5 Å². The fraction of sp³-hybridized carbons (Fsp3) is 0.462. The van der Waals surface area contributed by atoms with E-state index in [1.807, 2.05) is 30.6 Å². The monoisotopic (exact) mass is 246 g/mol. The maximum Gasteiger partial charge on any atom is 0.253 e. The third-order valence-corrected chi connectivity index (χ3v) is 3.02. The maximum atomic E-state index is 12.2. The van der Waals surface area contributed by atoms with E-state index in [1.165, 1.54) is 0 Å². The average molecular weight is 246 g/mol. The zero-order chi connectivity index (χ0) is 13.1. The summed E-state index contributed by atoms with van der Waals surface area (Å²) in [5, 5.41) is 8.00. The number of aromatic nitrogens is 3. The lowest BCUT2D eigenvalue weighted by Crippen LogP contribution is -2.27. The molecule has 96 valence electrons. The van der Waals surface area contributed by atoms with Gasteiger partial charge < -0.3 is 4.90 Å². The Morgan fingerprint density at radius 2 is 2.22 bits per heavy atom. The summed E-state index contributed by atoms with van der Waals surface area (Å²) >= 11 is 0. The zero-order valence-corrected chi connectivity index (χ0v) is 11.1. The number of hydrogen-bond acceptors (Lipinski definition) is 3. The third kappa shape index (κ3) is 2.34. The molecule has 1 amide bonds. The number of aryl methyl sites for hydroxylation is 1. The number of amides is 1. The summed E-state index contributed by atoms with van der Waals surface area (Å²) in [6.07, 6.45) is 3.94. The first-order valence-electron chi connectivity index (χ1n) is 6.20. The number of hydrogen-bond donors (Lipinski definition) is 0. The van der Waals surface area contributed by atoms with Gasteiger partial charge in [-0.05, 0) is 25.5 Å². The van der Waals surface area contributed by atoms with Gasteiger partial charge in [-0.15, -0.1) is 10.2 Å². The molecule has 0 N–H and O–H groups in total. The Morgan fingerprint density at radius 3 is 2.94 bits per heavy atom. The van der Waals surface area contributed by atoms with Crippen molar-refractivity contribution in [3.05, 3.63) is 29.7 Å². The Labute approximate surface area is 106 Å². The largest absolute Gasteiger partial charge is 0.342 e. The third-order valence-electron chi connectivity index (χ3n) is 3.02. The highest BCUT2D eigenvalue weighted by molar-refractivity contribution is 5.94. The minimum Gasteiger partial charge on any atom is -0.342 e. The average Bonchev–Trinajstić information content (AvgIpc) is 2.76. The van der Waals surface area contributed by atoms with Crippen LogP contribution in [0.15, 0.2) is 18.3 Å². The highest BCUT2D eigenvalue weighted by Crippen LogP contribution is 2.09. The molecule has 5 nitrogen and oxygen atoms in total. The van der Waals surface area contributed by atoms with Crippen molar-refractivity contribution in [3.63, 3.8) is 0 Å². The van der Waals surface area contributed by atoms with Gasteiger partial charge in [-0.25, -0.2) is 0 Å². The second-order valence-electron chi connectivity index (χ2n) is 4.47. The Balaban J connectivity index is 2.22.